The highest BCUT2D eigenvalue weighted by molar-refractivity contribution is 14.0. The van der Waals surface area contributed by atoms with E-state index in [-0.39, 0.29) is 24.0 Å². The molecule has 2 aromatic carbocycles. The number of fused-ring (bicyclic) bond motifs is 1. The molecule has 0 spiro atoms. The van der Waals surface area contributed by atoms with Crippen LogP contribution in [0.3, 0.4) is 0 Å². The van der Waals surface area contributed by atoms with Crippen LogP contribution < -0.4 is 29.6 Å². The zero-order valence-electron chi connectivity index (χ0n) is 17.0. The first-order valence-electron chi connectivity index (χ1n) is 9.40. The molecule has 0 unspecified atom stereocenters. The number of rotatable bonds is 6. The minimum absolute atomic E-state index is 0. The van der Waals surface area contributed by atoms with Crippen LogP contribution in [0.4, 0.5) is 5.69 Å². The maximum absolute atomic E-state index is 5.75. The van der Waals surface area contributed by atoms with Crippen molar-refractivity contribution in [3.05, 3.63) is 42.0 Å². The normalized spacial score (nSPS) is 13.0. The van der Waals surface area contributed by atoms with Gasteiger partial charge in [-0.05, 0) is 36.8 Å². The Kier molecular flexibility index (Phi) is 9.17. The van der Waals surface area contributed by atoms with Gasteiger partial charge < -0.3 is 29.6 Å². The van der Waals surface area contributed by atoms with Gasteiger partial charge in [-0.25, -0.2) is 0 Å². The molecule has 1 aliphatic rings. The molecule has 1 aliphatic heterocycles. The number of nitrogens with one attached hydrogen (secondary N) is 2. The smallest absolute Gasteiger partial charge is 0.195 e. The molecule has 29 heavy (non-hydrogen) atoms. The summed E-state index contributed by atoms with van der Waals surface area (Å²) >= 11 is 0. The summed E-state index contributed by atoms with van der Waals surface area (Å²) in [5.41, 5.74) is 1.93. The average molecular weight is 513 g/mol. The summed E-state index contributed by atoms with van der Waals surface area (Å²) in [4.78, 5) is 4.28. The van der Waals surface area contributed by atoms with E-state index in [4.69, 9.17) is 18.9 Å². The molecule has 2 N–H and O–H groups in total. The van der Waals surface area contributed by atoms with Crippen LogP contribution >= 0.6 is 24.0 Å². The fraction of sp³-hybridized carbons (Fsp3) is 0.381. The van der Waals surface area contributed by atoms with Crippen LogP contribution in [-0.4, -0.2) is 39.9 Å². The minimum Gasteiger partial charge on any atom is -0.493 e. The van der Waals surface area contributed by atoms with Gasteiger partial charge in [-0.1, -0.05) is 6.07 Å². The van der Waals surface area contributed by atoms with E-state index >= 15 is 0 Å². The van der Waals surface area contributed by atoms with Gasteiger partial charge in [0.05, 0.1) is 26.9 Å². The van der Waals surface area contributed by atoms with Gasteiger partial charge in [-0.15, -0.1) is 24.0 Å². The van der Waals surface area contributed by atoms with Gasteiger partial charge in [0.15, 0.2) is 29.0 Å². The molecular weight excluding hydrogens is 485 g/mol. The number of hydrogen-bond donors (Lipinski definition) is 2. The van der Waals surface area contributed by atoms with E-state index in [9.17, 15) is 0 Å². The van der Waals surface area contributed by atoms with Gasteiger partial charge in [-0.3, -0.25) is 4.99 Å². The summed E-state index contributed by atoms with van der Waals surface area (Å²) in [6.45, 7) is 4.49. The molecule has 3 rings (SSSR count). The van der Waals surface area contributed by atoms with Crippen molar-refractivity contribution in [2.45, 2.75) is 19.9 Å². The van der Waals surface area contributed by atoms with Crippen molar-refractivity contribution < 1.29 is 18.9 Å². The number of halogens is 1. The van der Waals surface area contributed by atoms with E-state index in [1.165, 1.54) is 0 Å². The van der Waals surface area contributed by atoms with E-state index in [0.717, 1.165) is 29.2 Å². The van der Waals surface area contributed by atoms with Crippen molar-refractivity contribution in [2.24, 2.45) is 4.99 Å². The molecule has 8 heteroatoms. The lowest BCUT2D eigenvalue weighted by molar-refractivity contribution is 0.297. The second kappa shape index (κ2) is 11.6. The number of methoxy groups -OCH3 is 1. The first-order chi connectivity index (χ1) is 13.7. The summed E-state index contributed by atoms with van der Waals surface area (Å²) in [6.07, 6.45) is 0.893. The van der Waals surface area contributed by atoms with E-state index in [2.05, 4.69) is 15.6 Å². The quantitative estimate of drug-likeness (QED) is 0.345. The van der Waals surface area contributed by atoms with Crippen LogP contribution in [0.2, 0.25) is 0 Å². The lowest BCUT2D eigenvalue weighted by atomic mass is 10.2. The summed E-state index contributed by atoms with van der Waals surface area (Å²) in [6, 6.07) is 11.7. The molecule has 0 bridgehead atoms. The van der Waals surface area contributed by atoms with E-state index < -0.39 is 0 Å². The second-order valence-electron chi connectivity index (χ2n) is 6.18. The van der Waals surface area contributed by atoms with Crippen LogP contribution in [0.15, 0.2) is 41.4 Å². The molecular formula is C21H28IN3O4. The predicted molar refractivity (Wildman–Crippen MR) is 125 cm³/mol. The SMILES string of the molecule is CCOc1ccc(NC(=NC)NCc2ccc3c(c2)OCCCO3)cc1OC.I. The largest absolute Gasteiger partial charge is 0.493 e. The summed E-state index contributed by atoms with van der Waals surface area (Å²) in [7, 11) is 3.36. The molecule has 0 fully saturated rings. The first kappa shape index (κ1) is 22.9. The van der Waals surface area contributed by atoms with Crippen LogP contribution in [0.5, 0.6) is 23.0 Å². The number of hydrogen-bond acceptors (Lipinski definition) is 5. The number of benzene rings is 2. The zero-order valence-corrected chi connectivity index (χ0v) is 19.3. The standard InChI is InChI=1S/C21H27N3O4.HI/c1-4-26-17-9-7-16(13-19(17)25-3)24-21(22-2)23-14-15-6-8-18-20(12-15)28-11-5-10-27-18;/h6-9,12-13H,4-5,10-11,14H2,1-3H3,(H2,22,23,24);1H. The van der Waals surface area contributed by atoms with E-state index in [1.54, 1.807) is 14.2 Å². The molecule has 0 saturated heterocycles. The number of ether oxygens (including phenoxy) is 4. The lowest BCUT2D eigenvalue weighted by Gasteiger charge is -2.15. The van der Waals surface area contributed by atoms with Crippen LogP contribution in [-0.2, 0) is 6.54 Å². The summed E-state index contributed by atoms with van der Waals surface area (Å²) < 4.78 is 22.4. The van der Waals surface area contributed by atoms with Gasteiger partial charge in [0.2, 0.25) is 0 Å². The van der Waals surface area contributed by atoms with Crippen LogP contribution in [0.25, 0.3) is 0 Å². The Morgan fingerprint density at radius 1 is 1.07 bits per heavy atom. The van der Waals surface area contributed by atoms with Gasteiger partial charge in [0.25, 0.3) is 0 Å². The van der Waals surface area contributed by atoms with Crippen LogP contribution in [0, 0.1) is 0 Å². The fourth-order valence-electron chi connectivity index (χ4n) is 2.84. The Labute approximate surface area is 188 Å². The Morgan fingerprint density at radius 2 is 1.86 bits per heavy atom. The van der Waals surface area contributed by atoms with Crippen LogP contribution in [0.1, 0.15) is 18.9 Å². The molecule has 0 atom stereocenters. The molecule has 7 nitrogen and oxygen atoms in total. The van der Waals surface area contributed by atoms with E-state index in [1.807, 2.05) is 43.3 Å². The summed E-state index contributed by atoms with van der Waals surface area (Å²) in [5, 5.41) is 6.57. The van der Waals surface area contributed by atoms with Gasteiger partial charge in [0.1, 0.15) is 0 Å². The minimum atomic E-state index is 0. The highest BCUT2D eigenvalue weighted by Gasteiger charge is 2.11. The number of anilines is 1. The molecule has 158 valence electrons. The fourth-order valence-corrected chi connectivity index (χ4v) is 2.84. The van der Waals surface area contributed by atoms with Crippen molar-refractivity contribution in [3.63, 3.8) is 0 Å². The Morgan fingerprint density at radius 3 is 2.59 bits per heavy atom. The van der Waals surface area contributed by atoms with Crippen molar-refractivity contribution in [3.8, 4) is 23.0 Å². The van der Waals surface area contributed by atoms with E-state index in [0.29, 0.717) is 43.8 Å². The number of aliphatic imine (C=N–C) groups is 1. The Bertz CT molecular complexity index is 830. The van der Waals surface area contributed by atoms with Gasteiger partial charge in [-0.2, -0.15) is 0 Å². The molecule has 0 radical (unpaired) electrons. The average Bonchev–Trinajstić information content (AvgIpc) is 2.97. The third kappa shape index (κ3) is 6.31. The molecule has 0 amide bonds. The number of nitrogens with zero attached hydrogens (tertiary/aromatic N) is 1. The molecule has 0 saturated carbocycles. The third-order valence-corrected chi connectivity index (χ3v) is 4.22. The highest BCUT2D eigenvalue weighted by Crippen LogP contribution is 2.31. The maximum Gasteiger partial charge on any atom is 0.195 e. The zero-order chi connectivity index (χ0) is 19.8. The molecule has 2 aromatic rings. The third-order valence-electron chi connectivity index (χ3n) is 4.22. The second-order valence-corrected chi connectivity index (χ2v) is 6.18. The molecule has 1 heterocycles. The number of guanidine groups is 1. The van der Waals surface area contributed by atoms with Gasteiger partial charge in [0, 0.05) is 31.8 Å². The predicted octanol–water partition coefficient (Wildman–Crippen LogP) is 4.06. The monoisotopic (exact) mass is 513 g/mol. The topological polar surface area (TPSA) is 73.3 Å². The van der Waals surface area contributed by atoms with Crippen molar-refractivity contribution in [1.29, 1.82) is 0 Å². The van der Waals surface area contributed by atoms with Crippen molar-refractivity contribution in [2.75, 3.05) is 39.3 Å². The Balaban J connectivity index is 0.00000300. The lowest BCUT2D eigenvalue weighted by Crippen LogP contribution is -2.30. The molecule has 0 aromatic heterocycles. The van der Waals surface area contributed by atoms with Crippen molar-refractivity contribution in [1.82, 2.24) is 5.32 Å². The van der Waals surface area contributed by atoms with Crippen molar-refractivity contribution >= 4 is 35.6 Å². The first-order valence-corrected chi connectivity index (χ1v) is 9.40. The maximum atomic E-state index is 5.75. The molecule has 0 aliphatic carbocycles. The summed E-state index contributed by atoms with van der Waals surface area (Å²) in [5.74, 6) is 3.62. The highest BCUT2D eigenvalue weighted by atomic mass is 127. The Hall–Kier alpha value is -2.36. The van der Waals surface area contributed by atoms with Gasteiger partial charge >= 0.3 is 0 Å².